The van der Waals surface area contributed by atoms with E-state index >= 15 is 0 Å². The number of hydrogen-bond donors (Lipinski definition) is 1. The number of ketones is 2. The molecule has 1 N–H and O–H groups in total. The van der Waals surface area contributed by atoms with Crippen molar-refractivity contribution in [2.45, 2.75) is 6.92 Å². The van der Waals surface area contributed by atoms with Crippen LogP contribution in [0, 0.1) is 0 Å². The zero-order valence-corrected chi connectivity index (χ0v) is 7.90. The molecule has 0 saturated heterocycles. The van der Waals surface area contributed by atoms with Gasteiger partial charge < -0.3 is 9.84 Å². The number of phenols is 1. The van der Waals surface area contributed by atoms with Gasteiger partial charge in [0.05, 0.1) is 12.7 Å². The molecule has 0 aliphatic heterocycles. The highest BCUT2D eigenvalue weighted by Crippen LogP contribution is 2.23. The molecule has 74 valence electrons. The first-order valence-corrected chi connectivity index (χ1v) is 3.98. The number of ether oxygens (including phenoxy) is 1. The van der Waals surface area contributed by atoms with Gasteiger partial charge in [0.15, 0.2) is 5.78 Å². The lowest BCUT2D eigenvalue weighted by atomic mass is 10.1. The zero-order chi connectivity index (χ0) is 10.7. The monoisotopic (exact) mass is 194 g/mol. The van der Waals surface area contributed by atoms with Gasteiger partial charge in [0.2, 0.25) is 5.78 Å². The lowest BCUT2D eigenvalue weighted by Crippen LogP contribution is -2.09. The molecule has 0 fully saturated rings. The molecule has 1 aromatic rings. The number of carbonyl (C=O) groups is 2. The molecule has 0 amide bonds. The number of benzene rings is 1. The summed E-state index contributed by atoms with van der Waals surface area (Å²) in [6.45, 7) is 1.15. The van der Waals surface area contributed by atoms with Crippen LogP contribution in [0.1, 0.15) is 17.3 Å². The van der Waals surface area contributed by atoms with Crippen molar-refractivity contribution in [3.8, 4) is 11.5 Å². The minimum Gasteiger partial charge on any atom is -0.507 e. The maximum Gasteiger partial charge on any atom is 0.232 e. The van der Waals surface area contributed by atoms with Crippen LogP contribution in [0.3, 0.4) is 0 Å². The lowest BCUT2D eigenvalue weighted by Gasteiger charge is -2.04. The van der Waals surface area contributed by atoms with Gasteiger partial charge in [-0.3, -0.25) is 9.59 Å². The molecule has 0 aliphatic carbocycles. The van der Waals surface area contributed by atoms with Crippen molar-refractivity contribution in [2.75, 3.05) is 7.11 Å². The average molecular weight is 194 g/mol. The minimum atomic E-state index is -0.721. The van der Waals surface area contributed by atoms with Crippen LogP contribution in [0.5, 0.6) is 11.5 Å². The number of Topliss-reactive ketones (excluding diaryl/α,β-unsaturated/α-hetero) is 2. The van der Waals surface area contributed by atoms with Crippen molar-refractivity contribution in [3.05, 3.63) is 23.8 Å². The van der Waals surface area contributed by atoms with E-state index in [1.807, 2.05) is 0 Å². The van der Waals surface area contributed by atoms with E-state index in [-0.39, 0.29) is 11.3 Å². The van der Waals surface area contributed by atoms with Crippen LogP contribution in [0.4, 0.5) is 0 Å². The number of methoxy groups -OCH3 is 1. The molecule has 0 bridgehead atoms. The van der Waals surface area contributed by atoms with Crippen LogP contribution in [0.2, 0.25) is 0 Å². The summed E-state index contributed by atoms with van der Waals surface area (Å²) in [5.74, 6) is -1.13. The summed E-state index contributed by atoms with van der Waals surface area (Å²) in [6.07, 6.45) is 0. The first-order chi connectivity index (χ1) is 6.56. The van der Waals surface area contributed by atoms with Gasteiger partial charge in [-0.1, -0.05) is 0 Å². The third-order valence-electron chi connectivity index (χ3n) is 1.77. The second-order valence-corrected chi connectivity index (χ2v) is 2.77. The Balaban J connectivity index is 3.19. The van der Waals surface area contributed by atoms with E-state index < -0.39 is 11.6 Å². The second-order valence-electron chi connectivity index (χ2n) is 2.77. The second kappa shape index (κ2) is 3.91. The van der Waals surface area contributed by atoms with Gasteiger partial charge in [-0.2, -0.15) is 0 Å². The normalized spacial score (nSPS) is 9.57. The maximum absolute atomic E-state index is 11.3. The Morgan fingerprint density at radius 3 is 2.50 bits per heavy atom. The Morgan fingerprint density at radius 2 is 2.00 bits per heavy atom. The van der Waals surface area contributed by atoms with Crippen molar-refractivity contribution in [1.82, 2.24) is 0 Å². The Morgan fingerprint density at radius 1 is 1.36 bits per heavy atom. The summed E-state index contributed by atoms with van der Waals surface area (Å²) in [7, 11) is 1.44. The van der Waals surface area contributed by atoms with Crippen molar-refractivity contribution >= 4 is 11.6 Å². The van der Waals surface area contributed by atoms with Crippen molar-refractivity contribution in [3.63, 3.8) is 0 Å². The molecule has 14 heavy (non-hydrogen) atoms. The molecular formula is C10H10O4. The minimum absolute atomic E-state index is 0.0307. The molecule has 1 rings (SSSR count). The fourth-order valence-electron chi connectivity index (χ4n) is 1.01. The average Bonchev–Trinajstić information content (AvgIpc) is 2.17. The third-order valence-corrected chi connectivity index (χ3v) is 1.77. The molecule has 0 aromatic heterocycles. The van der Waals surface area contributed by atoms with E-state index in [0.717, 1.165) is 6.92 Å². The Labute approximate surface area is 81.1 Å². The lowest BCUT2D eigenvalue weighted by molar-refractivity contribution is -0.113. The molecule has 0 atom stereocenters. The van der Waals surface area contributed by atoms with Gasteiger partial charge in [0.1, 0.15) is 11.5 Å². The van der Waals surface area contributed by atoms with Crippen LogP contribution >= 0.6 is 0 Å². The SMILES string of the molecule is COc1ccc(O)c(C(=O)C(C)=O)c1. The molecule has 0 unspecified atom stereocenters. The van der Waals surface area contributed by atoms with Gasteiger partial charge in [0.25, 0.3) is 0 Å². The predicted octanol–water partition coefficient (Wildman–Crippen LogP) is 1.17. The highest BCUT2D eigenvalue weighted by Gasteiger charge is 2.16. The molecule has 0 saturated carbocycles. The molecule has 0 aliphatic rings. The number of aromatic hydroxyl groups is 1. The zero-order valence-electron chi connectivity index (χ0n) is 7.90. The Kier molecular flexibility index (Phi) is 2.86. The summed E-state index contributed by atoms with van der Waals surface area (Å²) >= 11 is 0. The van der Waals surface area contributed by atoms with Gasteiger partial charge >= 0.3 is 0 Å². The first kappa shape index (κ1) is 10.2. The molecule has 1 aromatic carbocycles. The number of rotatable bonds is 3. The topological polar surface area (TPSA) is 63.6 Å². The predicted molar refractivity (Wildman–Crippen MR) is 49.7 cm³/mol. The van der Waals surface area contributed by atoms with E-state index in [1.165, 1.54) is 25.3 Å². The quantitative estimate of drug-likeness (QED) is 0.579. The molecule has 4 nitrogen and oxygen atoms in total. The van der Waals surface area contributed by atoms with Crippen LogP contribution in [0.15, 0.2) is 18.2 Å². The van der Waals surface area contributed by atoms with Crippen LogP contribution in [-0.2, 0) is 4.79 Å². The Hall–Kier alpha value is -1.84. The molecule has 0 radical (unpaired) electrons. The van der Waals surface area contributed by atoms with Gasteiger partial charge in [0, 0.05) is 6.92 Å². The summed E-state index contributed by atoms with van der Waals surface area (Å²) in [5, 5.41) is 9.32. The van der Waals surface area contributed by atoms with E-state index in [1.54, 1.807) is 0 Å². The third kappa shape index (κ3) is 1.90. The van der Waals surface area contributed by atoms with Gasteiger partial charge in [-0.15, -0.1) is 0 Å². The van der Waals surface area contributed by atoms with Crippen molar-refractivity contribution in [1.29, 1.82) is 0 Å². The summed E-state index contributed by atoms with van der Waals surface area (Å²) in [4.78, 5) is 22.1. The van der Waals surface area contributed by atoms with Crippen LogP contribution < -0.4 is 4.74 Å². The van der Waals surface area contributed by atoms with Gasteiger partial charge in [-0.05, 0) is 18.2 Å². The van der Waals surface area contributed by atoms with Crippen molar-refractivity contribution in [2.24, 2.45) is 0 Å². The first-order valence-electron chi connectivity index (χ1n) is 3.98. The smallest absolute Gasteiger partial charge is 0.232 e. The standard InChI is InChI=1S/C10H10O4/c1-6(11)10(13)8-5-7(14-2)3-4-9(8)12/h3-5,12H,1-2H3. The van der Waals surface area contributed by atoms with E-state index in [0.29, 0.717) is 5.75 Å². The van der Waals surface area contributed by atoms with E-state index in [9.17, 15) is 14.7 Å². The highest BCUT2D eigenvalue weighted by atomic mass is 16.5. The Bertz CT molecular complexity index is 382. The number of carbonyl (C=O) groups excluding carboxylic acids is 2. The largest absolute Gasteiger partial charge is 0.507 e. The molecule has 4 heteroatoms. The molecule has 0 spiro atoms. The fraction of sp³-hybridized carbons (Fsp3) is 0.200. The highest BCUT2D eigenvalue weighted by molar-refractivity contribution is 6.43. The molecular weight excluding hydrogens is 184 g/mol. The molecule has 0 heterocycles. The summed E-state index contributed by atoms with van der Waals surface area (Å²) in [5.41, 5.74) is -0.0307. The number of phenolic OH excluding ortho intramolecular Hbond substituents is 1. The fourth-order valence-corrected chi connectivity index (χ4v) is 1.01. The summed E-state index contributed by atoms with van der Waals surface area (Å²) < 4.78 is 4.87. The van der Waals surface area contributed by atoms with Crippen LogP contribution in [0.25, 0.3) is 0 Å². The van der Waals surface area contributed by atoms with E-state index in [2.05, 4.69) is 0 Å². The maximum atomic E-state index is 11.3. The van der Waals surface area contributed by atoms with Crippen molar-refractivity contribution < 1.29 is 19.4 Å². The van der Waals surface area contributed by atoms with Crippen LogP contribution in [-0.4, -0.2) is 23.8 Å². The van der Waals surface area contributed by atoms with Gasteiger partial charge in [-0.25, -0.2) is 0 Å². The van der Waals surface area contributed by atoms with E-state index in [4.69, 9.17) is 4.74 Å². The summed E-state index contributed by atoms with van der Waals surface area (Å²) in [6, 6.07) is 4.15. The number of hydrogen-bond acceptors (Lipinski definition) is 4.